The lowest BCUT2D eigenvalue weighted by Gasteiger charge is -2.05. The average Bonchev–Trinajstić information content (AvgIpc) is 2.74. The molecule has 0 saturated carbocycles. The number of carbonyl (C=O) groups is 2. The summed E-state index contributed by atoms with van der Waals surface area (Å²) >= 11 is 0. The lowest BCUT2D eigenvalue weighted by atomic mass is 10.3. The van der Waals surface area contributed by atoms with E-state index in [1.165, 1.54) is 6.33 Å². The van der Waals surface area contributed by atoms with Gasteiger partial charge < -0.3 is 20.7 Å². The second-order valence-corrected chi connectivity index (χ2v) is 3.18. The minimum atomic E-state index is -0.861. The van der Waals surface area contributed by atoms with Gasteiger partial charge in [0.2, 0.25) is 0 Å². The maximum absolute atomic E-state index is 11.2. The zero-order chi connectivity index (χ0) is 11.8. The summed E-state index contributed by atoms with van der Waals surface area (Å²) in [5, 5.41) is 13.5. The average molecular weight is 226 g/mol. The van der Waals surface area contributed by atoms with Crippen molar-refractivity contribution in [3.63, 3.8) is 0 Å². The Morgan fingerprint density at radius 1 is 1.44 bits per heavy atom. The van der Waals surface area contributed by atoms with Crippen molar-refractivity contribution >= 4 is 12.0 Å². The number of hydrogen-bond donors (Lipinski definition) is 4. The monoisotopic (exact) mass is 226 g/mol. The van der Waals surface area contributed by atoms with Gasteiger partial charge in [-0.2, -0.15) is 0 Å². The largest absolute Gasteiger partial charge is 0.481 e. The Hall–Kier alpha value is -2.05. The fraction of sp³-hybridized carbons (Fsp3) is 0.444. The Labute approximate surface area is 92.3 Å². The molecule has 16 heavy (non-hydrogen) atoms. The standard InChI is InChI=1S/C9H14N4O3/c14-8(15)2-1-3-11-9(16)12-5-7-4-10-6-13-7/h4,6H,1-3,5H2,(H,10,13)(H,14,15)(H2,11,12,16). The van der Waals surface area contributed by atoms with Crippen molar-refractivity contribution in [1.82, 2.24) is 20.6 Å². The molecule has 7 nitrogen and oxygen atoms in total. The molecule has 0 aliphatic carbocycles. The summed E-state index contributed by atoms with van der Waals surface area (Å²) < 4.78 is 0. The number of imidazole rings is 1. The van der Waals surface area contributed by atoms with E-state index >= 15 is 0 Å². The van der Waals surface area contributed by atoms with E-state index in [1.54, 1.807) is 6.20 Å². The fourth-order valence-electron chi connectivity index (χ4n) is 1.06. The molecule has 1 heterocycles. The number of carboxylic acid groups (broad SMARTS) is 1. The number of rotatable bonds is 6. The highest BCUT2D eigenvalue weighted by Crippen LogP contribution is 1.89. The van der Waals surface area contributed by atoms with Crippen LogP contribution in [0, 0.1) is 0 Å². The first-order valence-corrected chi connectivity index (χ1v) is 4.89. The first-order valence-electron chi connectivity index (χ1n) is 4.89. The molecule has 0 aromatic carbocycles. The van der Waals surface area contributed by atoms with Crippen molar-refractivity contribution in [2.45, 2.75) is 19.4 Å². The van der Waals surface area contributed by atoms with Gasteiger partial charge >= 0.3 is 12.0 Å². The highest BCUT2D eigenvalue weighted by molar-refractivity contribution is 5.73. The number of aromatic nitrogens is 2. The first kappa shape index (κ1) is 12.0. The molecule has 0 saturated heterocycles. The van der Waals surface area contributed by atoms with Gasteiger partial charge in [0.05, 0.1) is 18.6 Å². The molecular weight excluding hydrogens is 212 g/mol. The van der Waals surface area contributed by atoms with Crippen LogP contribution < -0.4 is 10.6 Å². The Morgan fingerprint density at radius 3 is 2.88 bits per heavy atom. The summed E-state index contributed by atoms with van der Waals surface area (Å²) in [6, 6.07) is -0.319. The number of aliphatic carboxylic acids is 1. The lowest BCUT2D eigenvalue weighted by Crippen LogP contribution is -2.35. The van der Waals surface area contributed by atoms with E-state index in [1.807, 2.05) is 0 Å². The summed E-state index contributed by atoms with van der Waals surface area (Å²) in [7, 11) is 0. The van der Waals surface area contributed by atoms with Crippen LogP contribution in [0.2, 0.25) is 0 Å². The predicted octanol–water partition coefficient (Wildman–Crippen LogP) is 0.0737. The zero-order valence-electron chi connectivity index (χ0n) is 8.69. The normalized spacial score (nSPS) is 9.75. The third-order valence-corrected chi connectivity index (χ3v) is 1.85. The van der Waals surface area contributed by atoms with E-state index in [0.717, 1.165) is 5.69 Å². The van der Waals surface area contributed by atoms with Crippen molar-refractivity contribution in [2.24, 2.45) is 0 Å². The molecule has 1 rings (SSSR count). The van der Waals surface area contributed by atoms with E-state index in [-0.39, 0.29) is 12.5 Å². The van der Waals surface area contributed by atoms with Gasteiger partial charge in [-0.15, -0.1) is 0 Å². The molecule has 7 heteroatoms. The molecule has 0 unspecified atom stereocenters. The van der Waals surface area contributed by atoms with Crippen molar-refractivity contribution < 1.29 is 14.7 Å². The van der Waals surface area contributed by atoms with Gasteiger partial charge in [0.15, 0.2) is 0 Å². The van der Waals surface area contributed by atoms with Gasteiger partial charge in [0.1, 0.15) is 0 Å². The van der Waals surface area contributed by atoms with E-state index in [9.17, 15) is 9.59 Å². The van der Waals surface area contributed by atoms with Gasteiger partial charge in [-0.25, -0.2) is 9.78 Å². The van der Waals surface area contributed by atoms with Crippen LogP contribution in [-0.2, 0) is 11.3 Å². The van der Waals surface area contributed by atoms with Crippen LogP contribution in [0.4, 0.5) is 4.79 Å². The summed E-state index contributed by atoms with van der Waals surface area (Å²) in [5.74, 6) is -0.861. The number of carboxylic acids is 1. The Bertz CT molecular complexity index is 337. The Morgan fingerprint density at radius 2 is 2.25 bits per heavy atom. The first-order chi connectivity index (χ1) is 7.68. The molecule has 88 valence electrons. The topological polar surface area (TPSA) is 107 Å². The van der Waals surface area contributed by atoms with Gasteiger partial charge in [-0.3, -0.25) is 4.79 Å². The van der Waals surface area contributed by atoms with Crippen LogP contribution >= 0.6 is 0 Å². The molecule has 0 fully saturated rings. The second kappa shape index (κ2) is 6.44. The molecule has 4 N–H and O–H groups in total. The van der Waals surface area contributed by atoms with E-state index in [0.29, 0.717) is 19.5 Å². The second-order valence-electron chi connectivity index (χ2n) is 3.18. The third kappa shape index (κ3) is 4.99. The van der Waals surface area contributed by atoms with Crippen LogP contribution in [-0.4, -0.2) is 33.6 Å². The Balaban J connectivity index is 2.05. The Kier molecular flexibility index (Phi) is 4.84. The SMILES string of the molecule is O=C(O)CCCNC(=O)NCc1cnc[nH]1. The minimum absolute atomic E-state index is 0.0564. The number of hydrogen-bond acceptors (Lipinski definition) is 3. The third-order valence-electron chi connectivity index (χ3n) is 1.85. The summed E-state index contributed by atoms with van der Waals surface area (Å²) in [6.45, 7) is 0.714. The maximum atomic E-state index is 11.2. The number of nitrogens with zero attached hydrogens (tertiary/aromatic N) is 1. The number of amides is 2. The number of H-pyrrole nitrogens is 1. The zero-order valence-corrected chi connectivity index (χ0v) is 8.69. The molecule has 0 aliphatic heterocycles. The van der Waals surface area contributed by atoms with Crippen molar-refractivity contribution in [3.8, 4) is 0 Å². The number of nitrogens with one attached hydrogen (secondary N) is 3. The summed E-state index contributed by atoms with van der Waals surface area (Å²) in [5.41, 5.74) is 0.806. The predicted molar refractivity (Wildman–Crippen MR) is 55.7 cm³/mol. The molecule has 1 aromatic heterocycles. The molecule has 2 amide bonds. The van der Waals surface area contributed by atoms with Crippen LogP contribution in [0.15, 0.2) is 12.5 Å². The van der Waals surface area contributed by atoms with Crippen molar-refractivity contribution in [2.75, 3.05) is 6.54 Å². The molecule has 0 bridgehead atoms. The quantitative estimate of drug-likeness (QED) is 0.515. The maximum Gasteiger partial charge on any atom is 0.315 e. The smallest absolute Gasteiger partial charge is 0.315 e. The molecule has 0 spiro atoms. The van der Waals surface area contributed by atoms with Crippen LogP contribution in [0.5, 0.6) is 0 Å². The van der Waals surface area contributed by atoms with Crippen molar-refractivity contribution in [3.05, 3.63) is 18.2 Å². The van der Waals surface area contributed by atoms with Gasteiger partial charge in [0, 0.05) is 19.2 Å². The van der Waals surface area contributed by atoms with Gasteiger partial charge in [-0.05, 0) is 6.42 Å². The fourth-order valence-corrected chi connectivity index (χ4v) is 1.06. The highest BCUT2D eigenvalue weighted by Gasteiger charge is 2.01. The van der Waals surface area contributed by atoms with Crippen LogP contribution in [0.1, 0.15) is 18.5 Å². The number of urea groups is 1. The van der Waals surface area contributed by atoms with Crippen LogP contribution in [0.3, 0.4) is 0 Å². The van der Waals surface area contributed by atoms with E-state index in [2.05, 4.69) is 20.6 Å². The van der Waals surface area contributed by atoms with Gasteiger partial charge in [0.25, 0.3) is 0 Å². The summed E-state index contributed by atoms with van der Waals surface area (Å²) in [6.07, 6.45) is 3.63. The molecule has 0 atom stereocenters. The van der Waals surface area contributed by atoms with Crippen LogP contribution in [0.25, 0.3) is 0 Å². The molecule has 1 aromatic rings. The molecule has 0 radical (unpaired) electrons. The summed E-state index contributed by atoms with van der Waals surface area (Å²) in [4.78, 5) is 28.0. The lowest BCUT2D eigenvalue weighted by molar-refractivity contribution is -0.137. The van der Waals surface area contributed by atoms with Crippen molar-refractivity contribution in [1.29, 1.82) is 0 Å². The molecular formula is C9H14N4O3. The number of aromatic amines is 1. The van der Waals surface area contributed by atoms with E-state index < -0.39 is 5.97 Å². The minimum Gasteiger partial charge on any atom is -0.481 e. The number of carbonyl (C=O) groups excluding carboxylic acids is 1. The van der Waals surface area contributed by atoms with E-state index in [4.69, 9.17) is 5.11 Å². The molecule has 0 aliphatic rings. The highest BCUT2D eigenvalue weighted by atomic mass is 16.4. The van der Waals surface area contributed by atoms with Gasteiger partial charge in [-0.1, -0.05) is 0 Å².